The maximum Gasteiger partial charge on any atom is 0.372 e. The molecule has 0 fully saturated rings. The van der Waals surface area contributed by atoms with Crippen molar-refractivity contribution in [2.45, 2.75) is 233 Å². The monoisotopic (exact) mass is 780 g/mol. The Labute approximate surface area is 327 Å². The zero-order valence-corrected chi connectivity index (χ0v) is 35.8. The summed E-state index contributed by atoms with van der Waals surface area (Å²) in [7, 11) is -3.60. The molecule has 0 unspecified atom stereocenters. The van der Waals surface area contributed by atoms with Crippen LogP contribution in [0.4, 0.5) is 0 Å². The maximum atomic E-state index is 12.7. The van der Waals surface area contributed by atoms with Crippen molar-refractivity contribution in [1.82, 2.24) is 0 Å². The van der Waals surface area contributed by atoms with Gasteiger partial charge in [-0.25, -0.2) is 27.7 Å². The quantitative estimate of drug-likeness (QED) is 0.0212. The predicted molar refractivity (Wildman–Crippen MR) is 215 cm³/mol. The molecule has 0 saturated heterocycles. The van der Waals surface area contributed by atoms with Crippen LogP contribution in [-0.2, 0) is 33.8 Å². The smallest absolute Gasteiger partial charge is 0.372 e. The Kier molecular flexibility index (Phi) is 41.0. The molecule has 318 valence electrons. The lowest BCUT2D eigenvalue weighted by atomic mass is 10.0. The fourth-order valence-corrected chi connectivity index (χ4v) is 6.55. The summed E-state index contributed by atoms with van der Waals surface area (Å²) in [6, 6.07) is 0. The van der Waals surface area contributed by atoms with Crippen LogP contribution in [0.3, 0.4) is 0 Å². The predicted octanol–water partition coefficient (Wildman–Crippen LogP) is 11.7. The third-order valence-electron chi connectivity index (χ3n) is 9.71. The van der Waals surface area contributed by atoms with E-state index in [1.165, 1.54) is 154 Å². The number of aliphatic hydroxyl groups excluding tert-OH is 1. The number of hydroxylamine groups is 4. The minimum Gasteiger partial charge on any atom is -0.726 e. The van der Waals surface area contributed by atoms with E-state index in [0.717, 1.165) is 45.6 Å². The summed E-state index contributed by atoms with van der Waals surface area (Å²) >= 11 is 0. The number of carbonyl (C=O) groups excluding carboxylic acids is 2. The molecule has 53 heavy (non-hydrogen) atoms. The first kappa shape index (κ1) is 53.8. The molecule has 0 aromatic heterocycles. The van der Waals surface area contributed by atoms with Crippen LogP contribution in [0.2, 0.25) is 0 Å². The van der Waals surface area contributed by atoms with Crippen molar-refractivity contribution >= 4 is 22.3 Å². The Balaban J connectivity index is 0. The SMILES string of the molecule is CCCCCCCCCCCCCCCCCC(=O)O[N+](CCC)(CCO)OC(=O)CCCCCCCCCCCCCCCCC.COS(=O)(=O)[O-]. The Morgan fingerprint density at radius 1 is 0.472 bits per heavy atom. The highest BCUT2D eigenvalue weighted by Crippen LogP contribution is 2.19. The van der Waals surface area contributed by atoms with Gasteiger partial charge in [-0.2, -0.15) is 0 Å². The van der Waals surface area contributed by atoms with Gasteiger partial charge < -0.3 is 9.66 Å². The molecule has 0 aliphatic rings. The summed E-state index contributed by atoms with van der Waals surface area (Å²) in [5.74, 6) is -0.692. The molecule has 0 aromatic rings. The molecule has 0 spiro atoms. The molecule has 11 heteroatoms. The van der Waals surface area contributed by atoms with Crippen molar-refractivity contribution in [3.8, 4) is 0 Å². The molecule has 0 rings (SSSR count). The molecule has 0 amide bonds. The number of carbonyl (C=O) groups is 2. The van der Waals surface area contributed by atoms with Crippen LogP contribution >= 0.6 is 0 Å². The van der Waals surface area contributed by atoms with Crippen LogP contribution in [0.15, 0.2) is 0 Å². The number of aliphatic hydroxyl groups is 1. The molecule has 0 saturated carbocycles. The van der Waals surface area contributed by atoms with Crippen LogP contribution in [0.5, 0.6) is 0 Å². The highest BCUT2D eigenvalue weighted by molar-refractivity contribution is 7.80. The van der Waals surface area contributed by atoms with Gasteiger partial charge in [0.25, 0.3) is 0 Å². The van der Waals surface area contributed by atoms with Crippen molar-refractivity contribution in [3.05, 3.63) is 0 Å². The number of nitrogens with zero attached hydrogens (tertiary/aromatic N) is 1. The molecule has 0 radical (unpaired) electrons. The Morgan fingerprint density at radius 2 is 0.717 bits per heavy atom. The lowest BCUT2D eigenvalue weighted by Gasteiger charge is -2.30. The number of hydrogen-bond donors (Lipinski definition) is 1. The van der Waals surface area contributed by atoms with Crippen LogP contribution < -0.4 is 0 Å². The van der Waals surface area contributed by atoms with E-state index in [2.05, 4.69) is 18.0 Å². The van der Waals surface area contributed by atoms with Crippen molar-refractivity contribution in [2.75, 3.05) is 26.8 Å². The lowest BCUT2D eigenvalue weighted by Crippen LogP contribution is -2.52. The molecule has 0 bridgehead atoms. The van der Waals surface area contributed by atoms with Crippen molar-refractivity contribution in [2.24, 2.45) is 0 Å². The van der Waals surface area contributed by atoms with Gasteiger partial charge in [0.15, 0.2) is 13.1 Å². The first-order valence-corrected chi connectivity index (χ1v) is 23.4. The highest BCUT2D eigenvalue weighted by atomic mass is 32.3. The van der Waals surface area contributed by atoms with Crippen molar-refractivity contribution in [1.29, 1.82) is 0 Å². The zero-order chi connectivity index (χ0) is 39.7. The highest BCUT2D eigenvalue weighted by Gasteiger charge is 2.37. The fourth-order valence-electron chi connectivity index (χ4n) is 6.55. The standard InChI is InChI=1S/C41H82NO5.CH4O4S/c1-4-7-9-11-13-15-17-19-21-23-25-27-29-31-33-35-40(44)46-42(37-6-3,38-39-43)47-41(45)36-34-32-30-28-26-24-22-20-18-16-14-12-10-8-5-2;1-5-6(2,3)4/h43H,4-39H2,1-3H3;1H3,(H,2,3,4)/q+1;/p-1. The largest absolute Gasteiger partial charge is 0.726 e. The van der Waals surface area contributed by atoms with Gasteiger partial charge in [0.1, 0.15) is 6.61 Å². The maximum absolute atomic E-state index is 12.7. The number of unbranched alkanes of at least 4 members (excludes halogenated alkanes) is 28. The van der Waals surface area contributed by atoms with E-state index in [-0.39, 0.29) is 25.1 Å². The molecule has 0 aliphatic heterocycles. The average Bonchev–Trinajstić information content (AvgIpc) is 3.11. The first-order chi connectivity index (χ1) is 25.6. The molecule has 0 atom stereocenters. The first-order valence-electron chi connectivity index (χ1n) is 22.0. The Hall–Kier alpha value is -1.27. The van der Waals surface area contributed by atoms with E-state index < -0.39 is 15.2 Å². The van der Waals surface area contributed by atoms with Gasteiger partial charge in [-0.15, -0.1) is 0 Å². The van der Waals surface area contributed by atoms with Crippen molar-refractivity contribution in [3.63, 3.8) is 0 Å². The second-order valence-electron chi connectivity index (χ2n) is 14.9. The van der Waals surface area contributed by atoms with E-state index in [0.29, 0.717) is 25.8 Å². The summed E-state index contributed by atoms with van der Waals surface area (Å²) in [6.45, 7) is 6.73. The molecular formula is C42H85NO9S. The summed E-state index contributed by atoms with van der Waals surface area (Å²) in [5, 5.41) is 9.69. The van der Waals surface area contributed by atoms with Gasteiger partial charge in [0, 0.05) is 11.2 Å². The van der Waals surface area contributed by atoms with E-state index in [1.807, 2.05) is 6.92 Å². The van der Waals surface area contributed by atoms with Crippen LogP contribution in [-0.4, -0.2) is 61.6 Å². The molecule has 0 aromatic carbocycles. The van der Waals surface area contributed by atoms with Gasteiger partial charge in [0.05, 0.1) is 20.0 Å². The normalized spacial score (nSPS) is 11.7. The van der Waals surface area contributed by atoms with E-state index >= 15 is 0 Å². The summed E-state index contributed by atoms with van der Waals surface area (Å²) in [6.07, 6.45) is 39.7. The molecular weight excluding hydrogens is 695 g/mol. The Bertz CT molecular complexity index is 845. The second-order valence-corrected chi connectivity index (χ2v) is 16.0. The van der Waals surface area contributed by atoms with E-state index in [4.69, 9.17) is 9.68 Å². The number of quaternary nitrogens is 1. The van der Waals surface area contributed by atoms with Crippen molar-refractivity contribution < 1.29 is 46.3 Å². The summed E-state index contributed by atoms with van der Waals surface area (Å²) in [4.78, 5) is 36.4. The average molecular weight is 780 g/mol. The topological polar surface area (TPSA) is 139 Å². The summed E-state index contributed by atoms with van der Waals surface area (Å²) < 4.78 is 31.0. The molecule has 0 heterocycles. The lowest BCUT2D eigenvalue weighted by molar-refractivity contribution is -1.22. The third kappa shape index (κ3) is 41.7. The van der Waals surface area contributed by atoms with Gasteiger partial charge in [0.2, 0.25) is 10.4 Å². The molecule has 0 aliphatic carbocycles. The van der Waals surface area contributed by atoms with Gasteiger partial charge in [-0.3, -0.25) is 4.18 Å². The number of rotatable bonds is 39. The van der Waals surface area contributed by atoms with E-state index in [9.17, 15) is 27.7 Å². The zero-order valence-electron chi connectivity index (χ0n) is 35.0. The van der Waals surface area contributed by atoms with Crippen LogP contribution in [0.1, 0.15) is 233 Å². The molecule has 10 nitrogen and oxygen atoms in total. The Morgan fingerprint density at radius 3 is 0.925 bits per heavy atom. The summed E-state index contributed by atoms with van der Waals surface area (Å²) in [5.41, 5.74) is 0. The minimum absolute atomic E-state index is 0.0725. The molecule has 1 N–H and O–H groups in total. The van der Waals surface area contributed by atoms with Gasteiger partial charge in [-0.1, -0.05) is 201 Å². The number of hydrogen-bond acceptors (Lipinski definition) is 9. The second kappa shape index (κ2) is 40.4. The van der Waals surface area contributed by atoms with E-state index in [1.54, 1.807) is 0 Å². The van der Waals surface area contributed by atoms with Gasteiger partial charge >= 0.3 is 11.9 Å². The fraction of sp³-hybridized carbons (Fsp3) is 0.952. The van der Waals surface area contributed by atoms with Crippen LogP contribution in [0, 0.1) is 0 Å². The third-order valence-corrected chi connectivity index (χ3v) is 10.1. The van der Waals surface area contributed by atoms with Gasteiger partial charge in [-0.05, 0) is 12.8 Å². The van der Waals surface area contributed by atoms with Crippen LogP contribution in [0.25, 0.3) is 0 Å². The minimum atomic E-state index is -4.41.